The van der Waals surface area contributed by atoms with Gasteiger partial charge in [-0.25, -0.2) is 0 Å². The summed E-state index contributed by atoms with van der Waals surface area (Å²) in [5.41, 5.74) is 1.39. The molecule has 6 nitrogen and oxygen atoms in total. The van der Waals surface area contributed by atoms with Gasteiger partial charge in [-0.2, -0.15) is 0 Å². The summed E-state index contributed by atoms with van der Waals surface area (Å²) in [6, 6.07) is 1.80. The van der Waals surface area contributed by atoms with E-state index < -0.39 is 0 Å². The Hall–Kier alpha value is -1.66. The normalized spacial score (nSPS) is 10.3. The minimum Gasteiger partial charge on any atom is -0.385 e. The van der Waals surface area contributed by atoms with E-state index in [1.165, 1.54) is 0 Å². The summed E-state index contributed by atoms with van der Waals surface area (Å²) in [6.45, 7) is 2.73. The highest BCUT2D eigenvalue weighted by molar-refractivity contribution is 5.94. The number of hydrogen-bond acceptors (Lipinski definition) is 5. The van der Waals surface area contributed by atoms with Gasteiger partial charge in [0.05, 0.1) is 11.3 Å². The molecule has 0 aliphatic rings. The van der Waals surface area contributed by atoms with Gasteiger partial charge >= 0.3 is 0 Å². The van der Waals surface area contributed by atoms with Gasteiger partial charge in [-0.05, 0) is 18.9 Å². The zero-order valence-electron chi connectivity index (χ0n) is 12.1. The predicted octanol–water partition coefficient (Wildman–Crippen LogP) is 1.30. The first-order valence-corrected chi connectivity index (χ1v) is 6.73. The molecule has 1 heterocycles. The standard InChI is InChI=1S/C14H23N3O3/c1-19-7-3-5-16-13-9-12(10-15-11-13)14(18)17-6-4-8-20-2/h9-11,16H,3-8H2,1-2H3,(H,17,18). The number of carbonyl (C=O) groups is 1. The molecule has 0 saturated carbocycles. The van der Waals surface area contributed by atoms with Crippen LogP contribution in [-0.2, 0) is 9.47 Å². The summed E-state index contributed by atoms with van der Waals surface area (Å²) in [7, 11) is 3.32. The van der Waals surface area contributed by atoms with Crippen LogP contribution in [0.1, 0.15) is 23.2 Å². The molecule has 1 rings (SSSR count). The van der Waals surface area contributed by atoms with Crippen molar-refractivity contribution in [2.45, 2.75) is 12.8 Å². The van der Waals surface area contributed by atoms with E-state index in [-0.39, 0.29) is 5.91 Å². The van der Waals surface area contributed by atoms with E-state index in [2.05, 4.69) is 15.6 Å². The molecule has 0 fully saturated rings. The number of anilines is 1. The van der Waals surface area contributed by atoms with E-state index in [9.17, 15) is 4.79 Å². The van der Waals surface area contributed by atoms with E-state index in [0.29, 0.717) is 25.3 Å². The van der Waals surface area contributed by atoms with Crippen LogP contribution in [0.4, 0.5) is 5.69 Å². The Labute approximate surface area is 119 Å². The van der Waals surface area contributed by atoms with Gasteiger partial charge in [0.2, 0.25) is 0 Å². The van der Waals surface area contributed by atoms with Crippen molar-refractivity contribution in [3.05, 3.63) is 24.0 Å². The van der Waals surface area contributed by atoms with Crippen LogP contribution >= 0.6 is 0 Å². The molecule has 6 heteroatoms. The molecule has 0 radical (unpaired) electrons. The van der Waals surface area contributed by atoms with Crippen molar-refractivity contribution in [3.63, 3.8) is 0 Å². The summed E-state index contributed by atoms with van der Waals surface area (Å²) in [4.78, 5) is 16.0. The third-order valence-corrected chi connectivity index (χ3v) is 2.67. The van der Waals surface area contributed by atoms with E-state index in [1.54, 1.807) is 32.7 Å². The number of pyridine rings is 1. The highest BCUT2D eigenvalue weighted by Crippen LogP contribution is 2.08. The number of ether oxygens (including phenoxy) is 2. The number of amides is 1. The summed E-state index contributed by atoms with van der Waals surface area (Å²) in [6.07, 6.45) is 4.97. The van der Waals surface area contributed by atoms with Gasteiger partial charge in [0.25, 0.3) is 5.91 Å². The Kier molecular flexibility index (Phi) is 8.33. The molecule has 0 aromatic carbocycles. The molecule has 20 heavy (non-hydrogen) atoms. The predicted molar refractivity (Wildman–Crippen MR) is 78.0 cm³/mol. The Morgan fingerprint density at radius 1 is 1.15 bits per heavy atom. The van der Waals surface area contributed by atoms with Crippen molar-refractivity contribution in [2.24, 2.45) is 0 Å². The van der Waals surface area contributed by atoms with Crippen LogP contribution in [0.15, 0.2) is 18.5 Å². The van der Waals surface area contributed by atoms with Crippen molar-refractivity contribution in [1.82, 2.24) is 10.3 Å². The number of nitrogens with one attached hydrogen (secondary N) is 2. The minimum atomic E-state index is -0.117. The smallest absolute Gasteiger partial charge is 0.252 e. The van der Waals surface area contributed by atoms with Gasteiger partial charge in [0.15, 0.2) is 0 Å². The minimum absolute atomic E-state index is 0.117. The quantitative estimate of drug-likeness (QED) is 0.632. The Bertz CT molecular complexity index is 399. The van der Waals surface area contributed by atoms with Crippen molar-refractivity contribution in [1.29, 1.82) is 0 Å². The summed E-state index contributed by atoms with van der Waals surface area (Å²) >= 11 is 0. The zero-order chi connectivity index (χ0) is 14.6. The molecule has 112 valence electrons. The maximum Gasteiger partial charge on any atom is 0.252 e. The number of methoxy groups -OCH3 is 2. The van der Waals surface area contributed by atoms with Crippen LogP contribution in [0.25, 0.3) is 0 Å². The van der Waals surface area contributed by atoms with E-state index in [0.717, 1.165) is 25.1 Å². The fourth-order valence-electron chi connectivity index (χ4n) is 1.63. The van der Waals surface area contributed by atoms with Crippen LogP contribution in [0.5, 0.6) is 0 Å². The second-order valence-electron chi connectivity index (χ2n) is 4.34. The van der Waals surface area contributed by atoms with E-state index >= 15 is 0 Å². The molecule has 1 aromatic heterocycles. The first kappa shape index (κ1) is 16.4. The molecule has 1 aromatic rings. The number of rotatable bonds is 10. The summed E-state index contributed by atoms with van der Waals surface area (Å²) in [5, 5.41) is 6.04. The summed E-state index contributed by atoms with van der Waals surface area (Å²) < 4.78 is 9.90. The molecule has 0 bridgehead atoms. The fraction of sp³-hybridized carbons (Fsp3) is 0.571. The molecule has 0 aliphatic heterocycles. The van der Waals surface area contributed by atoms with Gasteiger partial charge in [0.1, 0.15) is 0 Å². The maximum absolute atomic E-state index is 11.9. The molecule has 0 unspecified atom stereocenters. The van der Waals surface area contributed by atoms with Gasteiger partial charge in [-0.15, -0.1) is 0 Å². The topological polar surface area (TPSA) is 72.5 Å². The second kappa shape index (κ2) is 10.2. The molecular formula is C14H23N3O3. The lowest BCUT2D eigenvalue weighted by Crippen LogP contribution is -2.25. The third kappa shape index (κ3) is 6.49. The first-order valence-electron chi connectivity index (χ1n) is 6.73. The van der Waals surface area contributed by atoms with Gasteiger partial charge in [-0.1, -0.05) is 0 Å². The lowest BCUT2D eigenvalue weighted by molar-refractivity contribution is 0.0948. The molecule has 0 spiro atoms. The lowest BCUT2D eigenvalue weighted by Gasteiger charge is -2.08. The van der Waals surface area contributed by atoms with Crippen molar-refractivity contribution < 1.29 is 14.3 Å². The molecule has 1 amide bonds. The molecule has 2 N–H and O–H groups in total. The molecule has 0 aliphatic carbocycles. The highest BCUT2D eigenvalue weighted by Gasteiger charge is 2.06. The van der Waals surface area contributed by atoms with Crippen LogP contribution in [0, 0.1) is 0 Å². The van der Waals surface area contributed by atoms with E-state index in [4.69, 9.17) is 9.47 Å². The monoisotopic (exact) mass is 281 g/mol. The Balaban J connectivity index is 2.39. The average molecular weight is 281 g/mol. The summed E-state index contributed by atoms with van der Waals surface area (Å²) in [5.74, 6) is -0.117. The van der Waals surface area contributed by atoms with E-state index in [1.807, 2.05) is 0 Å². The van der Waals surface area contributed by atoms with Crippen molar-refractivity contribution >= 4 is 11.6 Å². The fourth-order valence-corrected chi connectivity index (χ4v) is 1.63. The Morgan fingerprint density at radius 2 is 1.85 bits per heavy atom. The Morgan fingerprint density at radius 3 is 2.55 bits per heavy atom. The number of hydrogen-bond donors (Lipinski definition) is 2. The number of nitrogens with zero attached hydrogens (tertiary/aromatic N) is 1. The van der Waals surface area contributed by atoms with Crippen LogP contribution in [0.3, 0.4) is 0 Å². The number of carbonyl (C=O) groups excluding carboxylic acids is 1. The third-order valence-electron chi connectivity index (χ3n) is 2.67. The SMILES string of the molecule is COCCCNC(=O)c1cncc(NCCCOC)c1. The van der Waals surface area contributed by atoms with Gasteiger partial charge in [0, 0.05) is 52.9 Å². The average Bonchev–Trinajstić information content (AvgIpc) is 2.48. The maximum atomic E-state index is 11.9. The van der Waals surface area contributed by atoms with Gasteiger partial charge in [-0.3, -0.25) is 9.78 Å². The van der Waals surface area contributed by atoms with Crippen LogP contribution in [-0.4, -0.2) is 51.4 Å². The van der Waals surface area contributed by atoms with Gasteiger partial charge < -0.3 is 20.1 Å². The largest absolute Gasteiger partial charge is 0.385 e. The molecular weight excluding hydrogens is 258 g/mol. The molecule has 0 saturated heterocycles. The first-order chi connectivity index (χ1) is 9.77. The molecule has 0 atom stereocenters. The van der Waals surface area contributed by atoms with Crippen LogP contribution in [0.2, 0.25) is 0 Å². The highest BCUT2D eigenvalue weighted by atomic mass is 16.5. The van der Waals surface area contributed by atoms with Crippen molar-refractivity contribution in [3.8, 4) is 0 Å². The zero-order valence-corrected chi connectivity index (χ0v) is 12.1. The van der Waals surface area contributed by atoms with Crippen molar-refractivity contribution in [2.75, 3.05) is 45.8 Å². The number of aromatic nitrogens is 1. The second-order valence-corrected chi connectivity index (χ2v) is 4.34. The van der Waals surface area contributed by atoms with Crippen LogP contribution < -0.4 is 10.6 Å². The lowest BCUT2D eigenvalue weighted by atomic mass is 10.2.